The van der Waals surface area contributed by atoms with Crippen molar-refractivity contribution in [3.05, 3.63) is 70.8 Å². The molecule has 140 valence electrons. The molecule has 1 amide bonds. The molecule has 0 spiro atoms. The van der Waals surface area contributed by atoms with Crippen molar-refractivity contribution in [2.24, 2.45) is 0 Å². The molecule has 0 fully saturated rings. The first-order valence-electron chi connectivity index (χ1n) is 8.36. The predicted octanol–water partition coefficient (Wildman–Crippen LogP) is 3.09. The van der Waals surface area contributed by atoms with Crippen LogP contribution in [0, 0.1) is 0 Å². The van der Waals surface area contributed by atoms with Crippen LogP contribution in [0.25, 0.3) is 0 Å². The van der Waals surface area contributed by atoms with Crippen molar-refractivity contribution in [3.63, 3.8) is 0 Å². The number of para-hydroxylation sites is 1. The van der Waals surface area contributed by atoms with Crippen molar-refractivity contribution in [1.29, 1.82) is 0 Å². The van der Waals surface area contributed by atoms with E-state index in [4.69, 9.17) is 21.1 Å². The van der Waals surface area contributed by atoms with Gasteiger partial charge in [-0.25, -0.2) is 4.79 Å². The number of hydrogen-bond donors (Lipinski definition) is 2. The molecule has 6 nitrogen and oxygen atoms in total. The summed E-state index contributed by atoms with van der Waals surface area (Å²) in [6.45, 7) is 0.547. The number of carbonyl (C=O) groups is 2. The van der Waals surface area contributed by atoms with Gasteiger partial charge in [-0.15, -0.1) is 0 Å². The van der Waals surface area contributed by atoms with Gasteiger partial charge in [0.25, 0.3) is 5.91 Å². The Morgan fingerprint density at radius 3 is 2.48 bits per heavy atom. The molecule has 0 aliphatic carbocycles. The zero-order chi connectivity index (χ0) is 19.2. The summed E-state index contributed by atoms with van der Waals surface area (Å²) in [5.41, 5.74) is 0.945. The molecule has 0 aromatic heterocycles. The summed E-state index contributed by atoms with van der Waals surface area (Å²) in [5.74, 6) is -0.773. The van der Waals surface area contributed by atoms with Gasteiger partial charge in [0.2, 0.25) is 0 Å². The third-order valence-corrected chi connectivity index (χ3v) is 4.30. The smallest absolute Gasteiger partial charge is 0.326 e. The zero-order valence-corrected chi connectivity index (χ0v) is 15.1. The standard InChI is InChI=1S/C20H18ClNO5/c21-15-11-13-7-8-18(15)27-10-4-3-9-26-17-6-2-1-5-14(17)19(23)22-16(12-13)20(24)25/h1-8,11,16H,9-10,12H2,(H,22,23)(H,24,25)/t16-/m0/s1. The first kappa shape index (κ1) is 18.8. The maximum Gasteiger partial charge on any atom is 0.326 e. The van der Waals surface area contributed by atoms with E-state index < -0.39 is 17.9 Å². The average Bonchev–Trinajstić information content (AvgIpc) is 2.64. The third-order valence-electron chi connectivity index (χ3n) is 4.01. The lowest BCUT2D eigenvalue weighted by molar-refractivity contribution is -0.139. The molecule has 0 saturated carbocycles. The minimum absolute atomic E-state index is 0.0873. The van der Waals surface area contributed by atoms with Gasteiger partial charge in [0.1, 0.15) is 30.8 Å². The number of benzene rings is 2. The Bertz CT molecular complexity index is 880. The number of carboxylic acids is 1. The van der Waals surface area contributed by atoms with Crippen LogP contribution in [0.5, 0.6) is 11.5 Å². The van der Waals surface area contributed by atoms with Gasteiger partial charge in [0.05, 0.1) is 10.6 Å². The summed E-state index contributed by atoms with van der Waals surface area (Å²) in [7, 11) is 0. The lowest BCUT2D eigenvalue weighted by Gasteiger charge is -2.17. The number of aliphatic carboxylic acids is 1. The second-order valence-corrected chi connectivity index (χ2v) is 6.33. The Labute approximate surface area is 161 Å². The Morgan fingerprint density at radius 1 is 1.07 bits per heavy atom. The fourth-order valence-electron chi connectivity index (χ4n) is 2.65. The Kier molecular flexibility index (Phi) is 5.98. The highest BCUT2D eigenvalue weighted by molar-refractivity contribution is 6.32. The van der Waals surface area contributed by atoms with Crippen molar-refractivity contribution < 1.29 is 24.2 Å². The van der Waals surface area contributed by atoms with Crippen LogP contribution in [-0.2, 0) is 11.2 Å². The molecule has 2 heterocycles. The molecule has 2 aliphatic heterocycles. The molecule has 27 heavy (non-hydrogen) atoms. The SMILES string of the molecule is O=C1N[C@H](C(=O)O)Cc2ccc(c(Cl)c2)OCC=CCOc2ccccc21. The summed E-state index contributed by atoms with van der Waals surface area (Å²) in [5, 5.41) is 12.4. The molecule has 2 aromatic rings. The second-order valence-electron chi connectivity index (χ2n) is 5.92. The van der Waals surface area contributed by atoms with Crippen molar-refractivity contribution in [2.75, 3.05) is 13.2 Å². The maximum absolute atomic E-state index is 12.6. The van der Waals surface area contributed by atoms with Crippen molar-refractivity contribution in [1.82, 2.24) is 5.32 Å². The van der Waals surface area contributed by atoms with Gasteiger partial charge in [-0.2, -0.15) is 0 Å². The van der Waals surface area contributed by atoms with Crippen LogP contribution in [-0.4, -0.2) is 36.2 Å². The predicted molar refractivity (Wildman–Crippen MR) is 101 cm³/mol. The number of hydrogen-bond acceptors (Lipinski definition) is 4. The van der Waals surface area contributed by atoms with Crippen LogP contribution in [0.1, 0.15) is 15.9 Å². The average molecular weight is 388 g/mol. The number of amides is 1. The molecule has 0 radical (unpaired) electrons. The highest BCUT2D eigenvalue weighted by Crippen LogP contribution is 2.26. The van der Waals surface area contributed by atoms with E-state index in [1.54, 1.807) is 54.6 Å². The Hall–Kier alpha value is -2.99. The highest BCUT2D eigenvalue weighted by atomic mass is 35.5. The molecule has 0 unspecified atom stereocenters. The van der Waals surface area contributed by atoms with Crippen LogP contribution >= 0.6 is 11.6 Å². The van der Waals surface area contributed by atoms with E-state index in [-0.39, 0.29) is 18.6 Å². The van der Waals surface area contributed by atoms with Crippen LogP contribution < -0.4 is 14.8 Å². The minimum atomic E-state index is -1.14. The fourth-order valence-corrected chi connectivity index (χ4v) is 2.91. The van der Waals surface area contributed by atoms with E-state index in [9.17, 15) is 14.7 Å². The molecule has 4 rings (SSSR count). The summed E-state index contributed by atoms with van der Waals surface area (Å²) in [6.07, 6.45) is 3.64. The number of nitrogens with one attached hydrogen (secondary N) is 1. The van der Waals surface area contributed by atoms with Gasteiger partial charge in [0, 0.05) is 6.42 Å². The van der Waals surface area contributed by atoms with Gasteiger partial charge < -0.3 is 19.9 Å². The number of ether oxygens (including phenoxy) is 2. The molecular weight excluding hydrogens is 370 g/mol. The first-order valence-corrected chi connectivity index (χ1v) is 8.74. The van der Waals surface area contributed by atoms with Crippen molar-refractivity contribution in [2.45, 2.75) is 12.5 Å². The molecule has 2 aliphatic rings. The van der Waals surface area contributed by atoms with Crippen LogP contribution in [0.4, 0.5) is 0 Å². The van der Waals surface area contributed by atoms with Crippen molar-refractivity contribution >= 4 is 23.5 Å². The molecule has 1 atom stereocenters. The maximum atomic E-state index is 12.6. The summed E-state index contributed by atoms with van der Waals surface area (Å²) >= 11 is 6.21. The topological polar surface area (TPSA) is 84.9 Å². The minimum Gasteiger partial charge on any atom is -0.489 e. The molecule has 7 heteroatoms. The summed E-state index contributed by atoms with van der Waals surface area (Å²) in [4.78, 5) is 24.2. The van der Waals surface area contributed by atoms with E-state index in [0.717, 1.165) is 0 Å². The number of fused-ring (bicyclic) bond motifs is 9. The largest absolute Gasteiger partial charge is 0.489 e. The molecule has 2 aromatic carbocycles. The Balaban J connectivity index is 1.94. The van der Waals surface area contributed by atoms with Gasteiger partial charge in [0.15, 0.2) is 0 Å². The van der Waals surface area contributed by atoms with Gasteiger partial charge in [-0.3, -0.25) is 4.79 Å². The highest BCUT2D eigenvalue weighted by Gasteiger charge is 2.23. The number of carboxylic acid groups (broad SMARTS) is 1. The number of halogens is 1. The van der Waals surface area contributed by atoms with Gasteiger partial charge >= 0.3 is 5.97 Å². The number of rotatable bonds is 1. The number of carbonyl (C=O) groups excluding carboxylic acids is 1. The lowest BCUT2D eigenvalue weighted by Crippen LogP contribution is -2.42. The van der Waals surface area contributed by atoms with Crippen LogP contribution in [0.2, 0.25) is 5.02 Å². The summed E-state index contributed by atoms with van der Waals surface area (Å²) < 4.78 is 11.2. The van der Waals surface area contributed by atoms with Crippen LogP contribution in [0.15, 0.2) is 54.6 Å². The Morgan fingerprint density at radius 2 is 1.78 bits per heavy atom. The van der Waals surface area contributed by atoms with Crippen LogP contribution in [0.3, 0.4) is 0 Å². The second kappa shape index (κ2) is 8.60. The monoisotopic (exact) mass is 387 g/mol. The van der Waals surface area contributed by atoms with E-state index in [1.165, 1.54) is 0 Å². The van der Waals surface area contributed by atoms with E-state index >= 15 is 0 Å². The first-order chi connectivity index (χ1) is 13.0. The molecule has 0 saturated heterocycles. The molecule has 2 bridgehead atoms. The van der Waals surface area contributed by atoms with E-state index in [0.29, 0.717) is 28.7 Å². The third kappa shape index (κ3) is 4.80. The fraction of sp³-hybridized carbons (Fsp3) is 0.200. The van der Waals surface area contributed by atoms with Gasteiger partial charge in [-0.05, 0) is 42.0 Å². The molecule has 2 N–H and O–H groups in total. The summed E-state index contributed by atoms with van der Waals surface area (Å²) in [6, 6.07) is 10.6. The van der Waals surface area contributed by atoms with E-state index in [1.807, 2.05) is 0 Å². The van der Waals surface area contributed by atoms with E-state index in [2.05, 4.69) is 5.32 Å². The zero-order valence-electron chi connectivity index (χ0n) is 14.4. The lowest BCUT2D eigenvalue weighted by atomic mass is 10.0. The molecular formula is C20H18ClNO5. The normalized spacial score (nSPS) is 17.4. The van der Waals surface area contributed by atoms with Gasteiger partial charge in [-0.1, -0.05) is 29.8 Å². The quantitative estimate of drug-likeness (QED) is 0.734. The van der Waals surface area contributed by atoms with Crippen molar-refractivity contribution in [3.8, 4) is 11.5 Å².